The van der Waals surface area contributed by atoms with E-state index in [1.165, 1.54) is 0 Å². The van der Waals surface area contributed by atoms with Crippen LogP contribution in [0.2, 0.25) is 0 Å². The molecule has 0 aromatic heterocycles. The van der Waals surface area contributed by atoms with Crippen molar-refractivity contribution in [2.45, 2.75) is 32.1 Å². The molecule has 0 rings (SSSR count). The van der Waals surface area contributed by atoms with Gasteiger partial charge in [0.1, 0.15) is 0 Å². The van der Waals surface area contributed by atoms with Crippen LogP contribution in [0.15, 0.2) is 0 Å². The molecule has 0 saturated carbocycles. The van der Waals surface area contributed by atoms with E-state index < -0.39 is 5.97 Å². The molecule has 0 unspecified atom stereocenters. The lowest BCUT2D eigenvalue weighted by atomic mass is 10.2. The largest absolute Gasteiger partial charge is 0.481 e. The molecule has 3 nitrogen and oxygen atoms in total. The van der Waals surface area contributed by atoms with E-state index in [0.29, 0.717) is 0 Å². The fourth-order valence-corrected chi connectivity index (χ4v) is 0.967. The van der Waals surface area contributed by atoms with Crippen LogP contribution in [0.3, 0.4) is 0 Å². The van der Waals surface area contributed by atoms with E-state index in [1.54, 1.807) is 0 Å². The van der Waals surface area contributed by atoms with Crippen molar-refractivity contribution in [2.24, 2.45) is 0 Å². The summed E-state index contributed by atoms with van der Waals surface area (Å²) in [5, 5.41) is 11.5. The molecule has 3 heteroatoms. The number of unbranched alkanes of at least 4 members (excludes halogenated alkanes) is 2. The van der Waals surface area contributed by atoms with E-state index >= 15 is 0 Å². The second-order valence-electron chi connectivity index (χ2n) is 2.91. The van der Waals surface area contributed by atoms with Gasteiger partial charge >= 0.3 is 5.97 Å². The summed E-state index contributed by atoms with van der Waals surface area (Å²) in [6, 6.07) is 0. The van der Waals surface area contributed by atoms with E-state index in [9.17, 15) is 4.79 Å². The third kappa shape index (κ3) is 11.0. The average molecular weight is 183 g/mol. The molecule has 0 aliphatic rings. The first-order valence-electron chi connectivity index (χ1n) is 4.63. The number of aliphatic carboxylic acids is 1. The summed E-state index contributed by atoms with van der Waals surface area (Å²) >= 11 is 0. The lowest BCUT2D eigenvalue weighted by Crippen LogP contribution is -2.16. The first kappa shape index (κ1) is 12.0. The van der Waals surface area contributed by atoms with Gasteiger partial charge in [-0.05, 0) is 32.4 Å². The predicted molar refractivity (Wildman–Crippen MR) is 52.4 cm³/mol. The Morgan fingerprint density at radius 3 is 2.62 bits per heavy atom. The number of hydrogen-bond donors (Lipinski definition) is 2. The second kappa shape index (κ2) is 9.08. The van der Waals surface area contributed by atoms with Crippen LogP contribution in [0.5, 0.6) is 0 Å². The highest BCUT2D eigenvalue weighted by Crippen LogP contribution is 1.93. The van der Waals surface area contributed by atoms with Crippen LogP contribution in [0.4, 0.5) is 0 Å². The Labute approximate surface area is 79.5 Å². The number of carboxylic acids is 1. The van der Waals surface area contributed by atoms with Crippen molar-refractivity contribution >= 4 is 5.97 Å². The summed E-state index contributed by atoms with van der Waals surface area (Å²) in [5.41, 5.74) is 0. The summed E-state index contributed by atoms with van der Waals surface area (Å²) in [4.78, 5) is 10.1. The summed E-state index contributed by atoms with van der Waals surface area (Å²) in [6.07, 6.45) is 8.82. The Morgan fingerprint density at radius 2 is 2.00 bits per heavy atom. The lowest BCUT2D eigenvalue weighted by molar-refractivity contribution is -0.137. The summed E-state index contributed by atoms with van der Waals surface area (Å²) in [5.74, 6) is 1.85. The number of hydrogen-bond acceptors (Lipinski definition) is 2. The third-order valence-electron chi connectivity index (χ3n) is 1.67. The minimum absolute atomic E-state index is 0.270. The molecule has 0 spiro atoms. The minimum Gasteiger partial charge on any atom is -0.481 e. The highest BCUT2D eigenvalue weighted by atomic mass is 16.4. The van der Waals surface area contributed by atoms with Crippen molar-refractivity contribution in [1.29, 1.82) is 0 Å². The molecule has 13 heavy (non-hydrogen) atoms. The zero-order chi connectivity index (χ0) is 9.94. The Bertz CT molecular complexity index is 172. The molecular weight excluding hydrogens is 166 g/mol. The molecule has 0 aromatic carbocycles. The fourth-order valence-electron chi connectivity index (χ4n) is 0.967. The summed E-state index contributed by atoms with van der Waals surface area (Å²) < 4.78 is 0. The van der Waals surface area contributed by atoms with Crippen LogP contribution < -0.4 is 5.32 Å². The zero-order valence-corrected chi connectivity index (χ0v) is 7.88. The van der Waals surface area contributed by atoms with Crippen molar-refractivity contribution in [3.05, 3.63) is 0 Å². The molecule has 0 aliphatic carbocycles. The van der Waals surface area contributed by atoms with Gasteiger partial charge in [-0.25, -0.2) is 0 Å². The van der Waals surface area contributed by atoms with E-state index in [0.717, 1.165) is 38.8 Å². The van der Waals surface area contributed by atoms with Gasteiger partial charge in [0.2, 0.25) is 0 Å². The Balaban J connectivity index is 2.92. The van der Waals surface area contributed by atoms with Crippen molar-refractivity contribution in [1.82, 2.24) is 5.32 Å². The summed E-state index contributed by atoms with van der Waals surface area (Å²) in [6.45, 7) is 1.81. The zero-order valence-electron chi connectivity index (χ0n) is 7.88. The quantitative estimate of drug-likeness (QED) is 0.440. The van der Waals surface area contributed by atoms with Crippen molar-refractivity contribution in [3.63, 3.8) is 0 Å². The molecule has 0 saturated heterocycles. The van der Waals surface area contributed by atoms with Crippen LogP contribution in [0.25, 0.3) is 0 Å². The summed E-state index contributed by atoms with van der Waals surface area (Å²) in [7, 11) is 0. The highest BCUT2D eigenvalue weighted by Gasteiger charge is 1.95. The van der Waals surface area contributed by atoms with Crippen molar-refractivity contribution in [2.75, 3.05) is 13.1 Å². The van der Waals surface area contributed by atoms with Gasteiger partial charge in [0.15, 0.2) is 0 Å². The maximum atomic E-state index is 10.1. The Hall–Kier alpha value is -1.01. The number of nitrogens with one attached hydrogen (secondary N) is 1. The van der Waals surface area contributed by atoms with E-state index in [1.807, 2.05) is 0 Å². The molecule has 2 N–H and O–H groups in total. The normalized spacial score (nSPS) is 9.46. The van der Waals surface area contributed by atoms with Crippen LogP contribution in [0, 0.1) is 12.3 Å². The Kier molecular flexibility index (Phi) is 8.38. The maximum Gasteiger partial charge on any atom is 0.303 e. The standard InChI is InChI=1S/C10H17NO2/c1-2-3-5-8-11-9-6-4-7-10(12)13/h1,11H,3-9H2,(H,12,13). The third-order valence-corrected chi connectivity index (χ3v) is 1.67. The molecule has 0 heterocycles. The second-order valence-corrected chi connectivity index (χ2v) is 2.91. The first-order chi connectivity index (χ1) is 6.27. The molecule has 0 radical (unpaired) electrons. The first-order valence-corrected chi connectivity index (χ1v) is 4.63. The Morgan fingerprint density at radius 1 is 1.31 bits per heavy atom. The topological polar surface area (TPSA) is 49.3 Å². The van der Waals surface area contributed by atoms with E-state index in [2.05, 4.69) is 11.2 Å². The van der Waals surface area contributed by atoms with Crippen LogP contribution in [-0.2, 0) is 4.79 Å². The number of rotatable bonds is 8. The molecular formula is C10H17NO2. The fraction of sp³-hybridized carbons (Fsp3) is 0.700. The molecule has 0 atom stereocenters. The predicted octanol–water partition coefficient (Wildman–Crippen LogP) is 1.24. The van der Waals surface area contributed by atoms with Gasteiger partial charge in [-0.15, -0.1) is 12.3 Å². The number of terminal acetylenes is 1. The minimum atomic E-state index is -0.715. The van der Waals surface area contributed by atoms with Gasteiger partial charge in [0.05, 0.1) is 0 Å². The molecule has 0 fully saturated rings. The van der Waals surface area contributed by atoms with Gasteiger partial charge in [-0.1, -0.05) is 0 Å². The monoisotopic (exact) mass is 183 g/mol. The van der Waals surface area contributed by atoms with Crippen molar-refractivity contribution < 1.29 is 9.90 Å². The van der Waals surface area contributed by atoms with Crippen LogP contribution in [0.1, 0.15) is 32.1 Å². The number of carbonyl (C=O) groups is 1. The smallest absolute Gasteiger partial charge is 0.303 e. The SMILES string of the molecule is C#CCCCNCCCCC(=O)O. The van der Waals surface area contributed by atoms with Crippen LogP contribution in [-0.4, -0.2) is 24.2 Å². The van der Waals surface area contributed by atoms with Gasteiger partial charge in [0.25, 0.3) is 0 Å². The number of carboxylic acid groups (broad SMARTS) is 1. The highest BCUT2D eigenvalue weighted by molar-refractivity contribution is 5.66. The van der Waals surface area contributed by atoms with Crippen LogP contribution >= 0.6 is 0 Å². The van der Waals surface area contributed by atoms with E-state index in [-0.39, 0.29) is 6.42 Å². The lowest BCUT2D eigenvalue weighted by Gasteiger charge is -2.01. The van der Waals surface area contributed by atoms with Gasteiger partial charge < -0.3 is 10.4 Å². The molecule has 0 amide bonds. The molecule has 74 valence electrons. The van der Waals surface area contributed by atoms with E-state index in [4.69, 9.17) is 11.5 Å². The molecule has 0 aliphatic heterocycles. The van der Waals surface area contributed by atoms with Gasteiger partial charge in [0, 0.05) is 12.8 Å². The maximum absolute atomic E-state index is 10.1. The average Bonchev–Trinajstić information content (AvgIpc) is 2.09. The van der Waals surface area contributed by atoms with Gasteiger partial charge in [-0.2, -0.15) is 0 Å². The molecule has 0 aromatic rings. The van der Waals surface area contributed by atoms with Gasteiger partial charge in [-0.3, -0.25) is 4.79 Å². The molecule has 0 bridgehead atoms. The van der Waals surface area contributed by atoms with Crippen molar-refractivity contribution in [3.8, 4) is 12.3 Å².